The van der Waals surface area contributed by atoms with Crippen molar-refractivity contribution < 1.29 is 14.3 Å². The third-order valence-electron chi connectivity index (χ3n) is 2.84. The minimum absolute atomic E-state index is 0.417. The molecule has 1 aromatic carbocycles. The maximum atomic E-state index is 11.3. The lowest BCUT2D eigenvalue weighted by molar-refractivity contribution is -0.141. The first kappa shape index (κ1) is 12.7. The van der Waals surface area contributed by atoms with E-state index in [4.69, 9.17) is 16.0 Å². The van der Waals surface area contributed by atoms with Crippen LogP contribution in [0.5, 0.6) is 0 Å². The summed E-state index contributed by atoms with van der Waals surface area (Å²) in [5, 5.41) is 9.86. The summed E-state index contributed by atoms with van der Waals surface area (Å²) in [6.07, 6.45) is 3.98. The third-order valence-corrected chi connectivity index (χ3v) is 3.20. The molecule has 2 aromatic rings. The van der Waals surface area contributed by atoms with E-state index in [0.29, 0.717) is 17.9 Å². The number of hydrogen-bond donors (Lipinski definition) is 1. The van der Waals surface area contributed by atoms with Crippen molar-refractivity contribution in [2.75, 3.05) is 0 Å². The molecule has 0 bridgehead atoms. The zero-order chi connectivity index (χ0) is 13.0. The lowest BCUT2D eigenvalue weighted by Gasteiger charge is -2.12. The van der Waals surface area contributed by atoms with Crippen molar-refractivity contribution in [1.29, 1.82) is 0 Å². The molecule has 0 aliphatic carbocycles. The van der Waals surface area contributed by atoms with Gasteiger partial charge in [0.15, 0.2) is 0 Å². The Balaban J connectivity index is 2.12. The highest BCUT2D eigenvalue weighted by Crippen LogP contribution is 2.21. The average molecular weight is 265 g/mol. The smallest absolute Gasteiger partial charge is 0.307 e. The Morgan fingerprint density at radius 1 is 1.28 bits per heavy atom. The van der Waals surface area contributed by atoms with Crippen molar-refractivity contribution in [3.05, 3.63) is 59.0 Å². The summed E-state index contributed by atoms with van der Waals surface area (Å²) in [5.74, 6) is -1.32. The molecule has 0 fully saturated rings. The van der Waals surface area contributed by atoms with Gasteiger partial charge in [-0.1, -0.05) is 29.8 Å². The number of carboxylic acid groups (broad SMARTS) is 1. The monoisotopic (exact) mass is 264 g/mol. The van der Waals surface area contributed by atoms with Crippen LogP contribution in [0, 0.1) is 5.92 Å². The molecule has 1 heterocycles. The minimum Gasteiger partial charge on any atom is -0.481 e. The number of aliphatic carboxylic acids is 1. The molecule has 0 aliphatic rings. The topological polar surface area (TPSA) is 50.4 Å². The van der Waals surface area contributed by atoms with Crippen LogP contribution >= 0.6 is 11.6 Å². The first-order valence-electron chi connectivity index (χ1n) is 5.64. The maximum Gasteiger partial charge on any atom is 0.307 e. The van der Waals surface area contributed by atoms with Gasteiger partial charge in [0, 0.05) is 5.02 Å². The Bertz CT molecular complexity index is 520. The van der Waals surface area contributed by atoms with Gasteiger partial charge in [0.25, 0.3) is 0 Å². The summed E-state index contributed by atoms with van der Waals surface area (Å²) in [4.78, 5) is 11.3. The molecule has 18 heavy (non-hydrogen) atoms. The van der Waals surface area contributed by atoms with Crippen molar-refractivity contribution in [3.8, 4) is 0 Å². The molecule has 0 spiro atoms. The Kier molecular flexibility index (Phi) is 4.05. The van der Waals surface area contributed by atoms with Gasteiger partial charge in [-0.3, -0.25) is 4.79 Å². The van der Waals surface area contributed by atoms with Gasteiger partial charge < -0.3 is 9.52 Å². The molecule has 4 heteroatoms. The minimum atomic E-state index is -0.823. The van der Waals surface area contributed by atoms with Gasteiger partial charge in [-0.15, -0.1) is 0 Å². The van der Waals surface area contributed by atoms with Gasteiger partial charge in [0.1, 0.15) is 0 Å². The van der Waals surface area contributed by atoms with E-state index in [1.54, 1.807) is 24.7 Å². The fourth-order valence-corrected chi connectivity index (χ4v) is 2.08. The first-order valence-corrected chi connectivity index (χ1v) is 6.02. The molecule has 1 atom stereocenters. The van der Waals surface area contributed by atoms with Crippen LogP contribution in [0.1, 0.15) is 11.1 Å². The predicted octanol–water partition coefficient (Wildman–Crippen LogP) is 3.42. The van der Waals surface area contributed by atoms with Gasteiger partial charge in [-0.05, 0) is 36.1 Å². The molecule has 0 amide bonds. The van der Waals surface area contributed by atoms with Crippen LogP contribution in [0.15, 0.2) is 47.3 Å². The fraction of sp³-hybridized carbons (Fsp3) is 0.214. The second-order valence-electron chi connectivity index (χ2n) is 4.17. The molecule has 0 radical (unpaired) electrons. The molecule has 1 unspecified atom stereocenters. The molecule has 1 aromatic heterocycles. The van der Waals surface area contributed by atoms with E-state index < -0.39 is 11.9 Å². The Morgan fingerprint density at radius 2 is 2.06 bits per heavy atom. The number of furan rings is 1. The summed E-state index contributed by atoms with van der Waals surface area (Å²) in [6.45, 7) is 0. The van der Waals surface area contributed by atoms with Crippen LogP contribution in [-0.2, 0) is 17.6 Å². The number of hydrogen-bond acceptors (Lipinski definition) is 2. The molecule has 2 rings (SSSR count). The van der Waals surface area contributed by atoms with Crippen molar-refractivity contribution >= 4 is 17.6 Å². The highest BCUT2D eigenvalue weighted by molar-refractivity contribution is 6.31. The lowest BCUT2D eigenvalue weighted by Crippen LogP contribution is -2.19. The number of rotatable bonds is 5. The molecule has 3 nitrogen and oxygen atoms in total. The van der Waals surface area contributed by atoms with E-state index in [2.05, 4.69) is 0 Å². The molecular formula is C14H13ClO3. The Hall–Kier alpha value is -1.74. The average Bonchev–Trinajstić information content (AvgIpc) is 2.83. The number of halogens is 1. The standard InChI is InChI=1S/C14H13ClO3/c15-13-4-2-1-3-11(13)8-12(14(16)17)7-10-5-6-18-9-10/h1-6,9,12H,7-8H2,(H,16,17). The van der Waals surface area contributed by atoms with Crippen LogP contribution in [0.4, 0.5) is 0 Å². The Labute approximate surface area is 110 Å². The zero-order valence-corrected chi connectivity index (χ0v) is 10.4. The molecule has 0 saturated heterocycles. The zero-order valence-electron chi connectivity index (χ0n) is 9.67. The quantitative estimate of drug-likeness (QED) is 0.900. The van der Waals surface area contributed by atoms with Crippen molar-refractivity contribution in [1.82, 2.24) is 0 Å². The van der Waals surface area contributed by atoms with Crippen LogP contribution in [0.25, 0.3) is 0 Å². The van der Waals surface area contributed by atoms with E-state index in [0.717, 1.165) is 11.1 Å². The maximum absolute atomic E-state index is 11.3. The van der Waals surface area contributed by atoms with E-state index in [9.17, 15) is 9.90 Å². The van der Waals surface area contributed by atoms with Crippen molar-refractivity contribution in [3.63, 3.8) is 0 Å². The molecule has 0 aliphatic heterocycles. The van der Waals surface area contributed by atoms with Gasteiger partial charge in [0.2, 0.25) is 0 Å². The van der Waals surface area contributed by atoms with Gasteiger partial charge in [-0.25, -0.2) is 0 Å². The highest BCUT2D eigenvalue weighted by Gasteiger charge is 2.20. The van der Waals surface area contributed by atoms with E-state index >= 15 is 0 Å². The largest absolute Gasteiger partial charge is 0.481 e. The van der Waals surface area contributed by atoms with Crippen LogP contribution < -0.4 is 0 Å². The summed E-state index contributed by atoms with van der Waals surface area (Å²) in [5.41, 5.74) is 1.74. The first-order chi connectivity index (χ1) is 8.66. The van der Waals surface area contributed by atoms with Gasteiger partial charge >= 0.3 is 5.97 Å². The molecule has 0 saturated carbocycles. The highest BCUT2D eigenvalue weighted by atomic mass is 35.5. The normalized spacial score (nSPS) is 12.3. The third kappa shape index (κ3) is 3.14. The fourth-order valence-electron chi connectivity index (χ4n) is 1.87. The van der Waals surface area contributed by atoms with Crippen LogP contribution in [0.2, 0.25) is 5.02 Å². The number of carboxylic acids is 1. The number of carbonyl (C=O) groups is 1. The van der Waals surface area contributed by atoms with Crippen molar-refractivity contribution in [2.45, 2.75) is 12.8 Å². The molecule has 94 valence electrons. The van der Waals surface area contributed by atoms with E-state index in [1.165, 1.54) is 0 Å². The predicted molar refractivity (Wildman–Crippen MR) is 68.7 cm³/mol. The van der Waals surface area contributed by atoms with Gasteiger partial charge in [0.05, 0.1) is 18.4 Å². The summed E-state index contributed by atoms with van der Waals surface area (Å²) < 4.78 is 4.95. The second kappa shape index (κ2) is 5.74. The summed E-state index contributed by atoms with van der Waals surface area (Å²) in [7, 11) is 0. The number of benzene rings is 1. The summed E-state index contributed by atoms with van der Waals surface area (Å²) >= 11 is 6.04. The SMILES string of the molecule is O=C(O)C(Cc1ccoc1)Cc1ccccc1Cl. The van der Waals surface area contributed by atoms with E-state index in [-0.39, 0.29) is 0 Å². The van der Waals surface area contributed by atoms with Crippen LogP contribution in [0.3, 0.4) is 0 Å². The molecular weight excluding hydrogens is 252 g/mol. The molecule has 1 N–H and O–H groups in total. The van der Waals surface area contributed by atoms with E-state index in [1.807, 2.05) is 18.2 Å². The van der Waals surface area contributed by atoms with Gasteiger partial charge in [-0.2, -0.15) is 0 Å². The summed E-state index contributed by atoms with van der Waals surface area (Å²) in [6, 6.07) is 9.10. The van der Waals surface area contributed by atoms with Crippen molar-refractivity contribution in [2.24, 2.45) is 5.92 Å². The Morgan fingerprint density at radius 3 is 2.67 bits per heavy atom. The second-order valence-corrected chi connectivity index (χ2v) is 4.57. The van der Waals surface area contributed by atoms with Crippen LogP contribution in [-0.4, -0.2) is 11.1 Å². The lowest BCUT2D eigenvalue weighted by atomic mass is 9.94.